The normalized spacial score (nSPS) is 11.9. The van der Waals surface area contributed by atoms with Crippen molar-refractivity contribution in [3.63, 3.8) is 0 Å². The second kappa shape index (κ2) is 9.23. The fourth-order valence-corrected chi connectivity index (χ4v) is 3.08. The number of aliphatic hydroxyl groups excluding tert-OH is 1. The predicted octanol–water partition coefficient (Wildman–Crippen LogP) is 3.10. The molecule has 118 valence electrons. The van der Waals surface area contributed by atoms with Crippen molar-refractivity contribution in [2.45, 2.75) is 25.3 Å². The molecule has 1 atom stereocenters. The van der Waals surface area contributed by atoms with Crippen molar-refractivity contribution in [1.82, 2.24) is 10.6 Å². The lowest BCUT2D eigenvalue weighted by atomic mass is 9.95. The summed E-state index contributed by atoms with van der Waals surface area (Å²) in [4.78, 5) is 11.8. The molecule has 0 saturated carbocycles. The lowest BCUT2D eigenvalue weighted by molar-refractivity contribution is 0.239. The van der Waals surface area contributed by atoms with Crippen molar-refractivity contribution in [2.75, 3.05) is 13.2 Å². The maximum absolute atomic E-state index is 11.8. The van der Waals surface area contributed by atoms with Gasteiger partial charge in [0.25, 0.3) is 0 Å². The highest BCUT2D eigenvalue weighted by Gasteiger charge is 2.12. The van der Waals surface area contributed by atoms with Crippen molar-refractivity contribution in [2.24, 2.45) is 0 Å². The second-order valence-corrected chi connectivity index (χ2v) is 5.93. The zero-order chi connectivity index (χ0) is 15.6. The average molecular weight is 318 g/mol. The quantitative estimate of drug-likeness (QED) is 0.700. The summed E-state index contributed by atoms with van der Waals surface area (Å²) in [6.45, 7) is 1.29. The molecule has 0 fully saturated rings. The van der Waals surface area contributed by atoms with Gasteiger partial charge in [-0.25, -0.2) is 4.79 Å². The summed E-state index contributed by atoms with van der Waals surface area (Å²) >= 11 is 1.66. The molecule has 3 N–H and O–H groups in total. The monoisotopic (exact) mass is 318 g/mol. The number of carbonyl (C=O) groups excluding carboxylic acids is 1. The summed E-state index contributed by atoms with van der Waals surface area (Å²) in [6, 6.07) is 11.7. The number of hydrogen-bond donors (Lipinski definition) is 3. The Balaban J connectivity index is 1.69. The SMILES string of the molecule is O=C(NCCC(CCO)c1ccsc1)NCc1ccccc1. The average Bonchev–Trinajstić information content (AvgIpc) is 3.07. The van der Waals surface area contributed by atoms with Crippen LogP contribution in [0.5, 0.6) is 0 Å². The Morgan fingerprint density at radius 3 is 2.64 bits per heavy atom. The Bertz CT molecular complexity index is 543. The smallest absolute Gasteiger partial charge is 0.315 e. The van der Waals surface area contributed by atoms with Crippen LogP contribution in [0.3, 0.4) is 0 Å². The van der Waals surface area contributed by atoms with Crippen molar-refractivity contribution in [1.29, 1.82) is 0 Å². The minimum atomic E-state index is -0.156. The van der Waals surface area contributed by atoms with Crippen LogP contribution in [-0.2, 0) is 6.54 Å². The maximum Gasteiger partial charge on any atom is 0.315 e. The number of amides is 2. The van der Waals surface area contributed by atoms with Gasteiger partial charge in [0.1, 0.15) is 0 Å². The van der Waals surface area contributed by atoms with Crippen LogP contribution in [0.15, 0.2) is 47.2 Å². The summed E-state index contributed by atoms with van der Waals surface area (Å²) < 4.78 is 0. The molecule has 0 spiro atoms. The Labute approximate surface area is 135 Å². The highest BCUT2D eigenvalue weighted by molar-refractivity contribution is 7.07. The molecule has 0 aliphatic carbocycles. The molecule has 1 aromatic heterocycles. The van der Waals surface area contributed by atoms with Crippen LogP contribution >= 0.6 is 11.3 Å². The lowest BCUT2D eigenvalue weighted by Crippen LogP contribution is -2.36. The molecule has 5 heteroatoms. The number of carbonyl (C=O) groups is 1. The molecule has 0 saturated heterocycles. The standard InChI is InChI=1S/C17H22N2O2S/c20-10-7-15(16-8-11-22-13-16)6-9-18-17(21)19-12-14-4-2-1-3-5-14/h1-5,8,11,13,15,20H,6-7,9-10,12H2,(H2,18,19,21). The van der Waals surface area contributed by atoms with Gasteiger partial charge in [0.05, 0.1) is 0 Å². The summed E-state index contributed by atoms with van der Waals surface area (Å²) in [7, 11) is 0. The second-order valence-electron chi connectivity index (χ2n) is 5.15. The number of thiophene rings is 1. The summed E-state index contributed by atoms with van der Waals surface area (Å²) in [5.41, 5.74) is 2.32. The number of aliphatic hydroxyl groups is 1. The topological polar surface area (TPSA) is 61.4 Å². The van der Waals surface area contributed by atoms with Gasteiger partial charge in [0, 0.05) is 19.7 Å². The molecule has 4 nitrogen and oxygen atoms in total. The minimum Gasteiger partial charge on any atom is -0.396 e. The largest absolute Gasteiger partial charge is 0.396 e. The molecule has 2 rings (SSSR count). The summed E-state index contributed by atoms with van der Waals surface area (Å²) in [5, 5.41) is 19.0. The van der Waals surface area contributed by atoms with E-state index in [1.807, 2.05) is 35.7 Å². The molecular weight excluding hydrogens is 296 g/mol. The van der Waals surface area contributed by atoms with Crippen molar-refractivity contribution >= 4 is 17.4 Å². The third kappa shape index (κ3) is 5.50. The van der Waals surface area contributed by atoms with E-state index in [-0.39, 0.29) is 12.6 Å². The van der Waals surface area contributed by atoms with E-state index >= 15 is 0 Å². The van der Waals surface area contributed by atoms with E-state index < -0.39 is 0 Å². The highest BCUT2D eigenvalue weighted by atomic mass is 32.1. The van der Waals surface area contributed by atoms with E-state index in [2.05, 4.69) is 22.1 Å². The Kier molecular flexibility index (Phi) is 6.93. The van der Waals surface area contributed by atoms with Gasteiger partial charge in [0.2, 0.25) is 0 Å². The first-order valence-electron chi connectivity index (χ1n) is 7.48. The van der Waals surface area contributed by atoms with E-state index in [1.54, 1.807) is 11.3 Å². The van der Waals surface area contributed by atoms with Crippen LogP contribution in [0.1, 0.15) is 29.9 Å². The van der Waals surface area contributed by atoms with Crippen LogP contribution in [0, 0.1) is 0 Å². The molecule has 2 aromatic rings. The minimum absolute atomic E-state index is 0.156. The Morgan fingerprint density at radius 1 is 1.14 bits per heavy atom. The molecule has 0 aliphatic rings. The number of urea groups is 1. The maximum atomic E-state index is 11.8. The van der Waals surface area contributed by atoms with Gasteiger partial charge in [-0.2, -0.15) is 11.3 Å². The van der Waals surface area contributed by atoms with Crippen molar-refractivity contribution in [3.05, 3.63) is 58.3 Å². The first kappa shape index (κ1) is 16.5. The summed E-state index contributed by atoms with van der Waals surface area (Å²) in [6.07, 6.45) is 1.56. The Hall–Kier alpha value is -1.85. The van der Waals surface area contributed by atoms with E-state index in [4.69, 9.17) is 5.11 Å². The first-order valence-corrected chi connectivity index (χ1v) is 8.42. The molecule has 0 bridgehead atoms. The number of rotatable bonds is 8. The number of hydrogen-bond acceptors (Lipinski definition) is 3. The zero-order valence-electron chi connectivity index (χ0n) is 12.5. The van der Waals surface area contributed by atoms with E-state index in [0.717, 1.165) is 18.4 Å². The van der Waals surface area contributed by atoms with Gasteiger partial charge >= 0.3 is 6.03 Å². The molecular formula is C17H22N2O2S. The lowest BCUT2D eigenvalue weighted by Gasteiger charge is -2.15. The van der Waals surface area contributed by atoms with Crippen LogP contribution < -0.4 is 10.6 Å². The molecule has 22 heavy (non-hydrogen) atoms. The highest BCUT2D eigenvalue weighted by Crippen LogP contribution is 2.24. The molecule has 0 radical (unpaired) electrons. The van der Waals surface area contributed by atoms with Crippen LogP contribution in [-0.4, -0.2) is 24.3 Å². The number of benzene rings is 1. The van der Waals surface area contributed by atoms with Gasteiger partial charge in [-0.15, -0.1) is 0 Å². The first-order chi connectivity index (χ1) is 10.8. The zero-order valence-corrected chi connectivity index (χ0v) is 13.3. The number of nitrogens with one attached hydrogen (secondary N) is 2. The fraction of sp³-hybridized carbons (Fsp3) is 0.353. The molecule has 2 amide bonds. The van der Waals surface area contributed by atoms with Crippen molar-refractivity contribution in [3.8, 4) is 0 Å². The van der Waals surface area contributed by atoms with Gasteiger partial charge in [0.15, 0.2) is 0 Å². The fourth-order valence-electron chi connectivity index (χ4n) is 2.34. The van der Waals surface area contributed by atoms with Gasteiger partial charge < -0.3 is 15.7 Å². The third-order valence-corrected chi connectivity index (χ3v) is 4.27. The van der Waals surface area contributed by atoms with E-state index in [9.17, 15) is 4.79 Å². The van der Waals surface area contributed by atoms with Gasteiger partial charge in [-0.1, -0.05) is 30.3 Å². The van der Waals surface area contributed by atoms with Crippen LogP contribution in [0.25, 0.3) is 0 Å². The van der Waals surface area contributed by atoms with E-state index in [0.29, 0.717) is 19.0 Å². The Morgan fingerprint density at radius 2 is 1.95 bits per heavy atom. The van der Waals surface area contributed by atoms with Gasteiger partial charge in [-0.05, 0) is 46.7 Å². The predicted molar refractivity (Wildman–Crippen MR) is 90.1 cm³/mol. The van der Waals surface area contributed by atoms with Crippen LogP contribution in [0.4, 0.5) is 4.79 Å². The third-order valence-electron chi connectivity index (χ3n) is 3.57. The van der Waals surface area contributed by atoms with Gasteiger partial charge in [-0.3, -0.25) is 0 Å². The molecule has 1 heterocycles. The van der Waals surface area contributed by atoms with Crippen LogP contribution in [0.2, 0.25) is 0 Å². The van der Waals surface area contributed by atoms with E-state index in [1.165, 1.54) is 5.56 Å². The molecule has 0 aliphatic heterocycles. The molecule has 1 unspecified atom stereocenters. The van der Waals surface area contributed by atoms with Crippen molar-refractivity contribution < 1.29 is 9.90 Å². The summed E-state index contributed by atoms with van der Waals surface area (Å²) in [5.74, 6) is 0.297. The molecule has 1 aromatic carbocycles.